The van der Waals surface area contributed by atoms with Crippen LogP contribution in [0.2, 0.25) is 0 Å². The fraction of sp³-hybridized carbons (Fsp3) is 0.500. The van der Waals surface area contributed by atoms with E-state index in [1.807, 2.05) is 0 Å². The fourth-order valence-electron chi connectivity index (χ4n) is 1.23. The number of anilines is 1. The molecule has 0 saturated heterocycles. The zero-order valence-corrected chi connectivity index (χ0v) is 11.1. The van der Waals surface area contributed by atoms with E-state index in [-0.39, 0.29) is 5.82 Å². The normalized spacial score (nSPS) is 13.8. The molecule has 1 unspecified atom stereocenters. The molecule has 0 radical (unpaired) electrons. The molecule has 1 rings (SSSR count). The predicted octanol–water partition coefficient (Wildman–Crippen LogP) is 4.00. The average molecular weight is 294 g/mol. The Morgan fingerprint density at radius 2 is 1.90 bits per heavy atom. The highest BCUT2D eigenvalue weighted by Crippen LogP contribution is 2.35. The van der Waals surface area contributed by atoms with E-state index >= 15 is 0 Å². The molecule has 8 heteroatoms. The van der Waals surface area contributed by atoms with E-state index in [0.29, 0.717) is 6.20 Å². The van der Waals surface area contributed by atoms with Gasteiger partial charge in [0.2, 0.25) is 6.17 Å². The Morgan fingerprint density at radius 3 is 2.30 bits per heavy atom. The van der Waals surface area contributed by atoms with Gasteiger partial charge in [-0.3, -0.25) is 5.32 Å². The number of amides is 1. The third-order valence-electron chi connectivity index (χ3n) is 2.00. The van der Waals surface area contributed by atoms with Gasteiger partial charge in [0.25, 0.3) is 0 Å². The third-order valence-corrected chi connectivity index (χ3v) is 2.00. The number of carbonyl (C=O) groups is 1. The monoisotopic (exact) mass is 294 g/mol. The summed E-state index contributed by atoms with van der Waals surface area (Å²) in [5, 5.41) is 2.23. The molecule has 0 aliphatic carbocycles. The van der Waals surface area contributed by atoms with Crippen LogP contribution in [0.25, 0.3) is 0 Å². The molecule has 1 N–H and O–H groups in total. The van der Waals surface area contributed by atoms with Crippen LogP contribution in [0, 0.1) is 0 Å². The number of nitrogens with one attached hydrogen (secondary N) is 1. The van der Waals surface area contributed by atoms with Crippen molar-refractivity contribution in [3.63, 3.8) is 0 Å². The number of ether oxygens (including phenoxy) is 1. The minimum atomic E-state index is -4.98. The zero-order chi connectivity index (χ0) is 15.6. The van der Waals surface area contributed by atoms with Gasteiger partial charge in [0, 0.05) is 11.8 Å². The van der Waals surface area contributed by atoms with Gasteiger partial charge in [-0.2, -0.15) is 13.2 Å². The van der Waals surface area contributed by atoms with Gasteiger partial charge in [-0.05, 0) is 26.8 Å². The Morgan fingerprint density at radius 1 is 1.30 bits per heavy atom. The Labute approximate surface area is 113 Å². The van der Waals surface area contributed by atoms with Gasteiger partial charge in [0.1, 0.15) is 11.4 Å². The first-order chi connectivity index (χ1) is 8.99. The first-order valence-electron chi connectivity index (χ1n) is 5.66. The molecule has 0 saturated carbocycles. The number of rotatable bonds is 2. The lowest BCUT2D eigenvalue weighted by atomic mass is 10.2. The van der Waals surface area contributed by atoms with Crippen molar-refractivity contribution in [2.24, 2.45) is 0 Å². The molecule has 0 aliphatic heterocycles. The van der Waals surface area contributed by atoms with Crippen LogP contribution < -0.4 is 5.32 Å². The summed E-state index contributed by atoms with van der Waals surface area (Å²) in [6.07, 6.45) is -8.18. The topological polar surface area (TPSA) is 51.2 Å². The molecule has 112 valence electrons. The van der Waals surface area contributed by atoms with Gasteiger partial charge in [-0.15, -0.1) is 0 Å². The van der Waals surface area contributed by atoms with Crippen LogP contribution in [0.5, 0.6) is 0 Å². The Balaban J connectivity index is 2.70. The molecule has 0 bridgehead atoms. The lowest BCUT2D eigenvalue weighted by Crippen LogP contribution is -2.27. The lowest BCUT2D eigenvalue weighted by Gasteiger charge is -2.19. The first kappa shape index (κ1) is 16.2. The van der Waals surface area contributed by atoms with Crippen LogP contribution in [0.15, 0.2) is 18.3 Å². The SMILES string of the molecule is CC(C)(C)OC(=O)Nc1ccc(C(F)C(F)(F)F)cn1. The van der Waals surface area contributed by atoms with E-state index < -0.39 is 29.6 Å². The zero-order valence-electron chi connectivity index (χ0n) is 11.1. The molecule has 0 spiro atoms. The number of aromatic nitrogens is 1. The molecule has 0 fully saturated rings. The molecule has 1 aromatic rings. The highest BCUT2D eigenvalue weighted by atomic mass is 19.4. The van der Waals surface area contributed by atoms with Crippen LogP contribution in [-0.4, -0.2) is 22.9 Å². The van der Waals surface area contributed by atoms with Gasteiger partial charge in [0.15, 0.2) is 0 Å². The summed E-state index contributed by atoms with van der Waals surface area (Å²) in [5.41, 5.74) is -1.35. The van der Waals surface area contributed by atoms with Crippen LogP contribution in [0.3, 0.4) is 0 Å². The van der Waals surface area contributed by atoms with Crippen molar-refractivity contribution in [1.29, 1.82) is 0 Å². The van der Waals surface area contributed by atoms with Gasteiger partial charge in [-0.1, -0.05) is 6.07 Å². The number of nitrogens with zero attached hydrogens (tertiary/aromatic N) is 1. The Hall–Kier alpha value is -1.86. The summed E-state index contributed by atoms with van der Waals surface area (Å²) in [6, 6.07) is 1.97. The molecular formula is C12H14F4N2O2. The number of halogens is 4. The number of hydrogen-bond acceptors (Lipinski definition) is 3. The van der Waals surface area contributed by atoms with Crippen molar-refractivity contribution >= 4 is 11.9 Å². The summed E-state index contributed by atoms with van der Waals surface area (Å²) >= 11 is 0. The summed E-state index contributed by atoms with van der Waals surface area (Å²) in [5.74, 6) is -0.0302. The van der Waals surface area contributed by atoms with Crippen LogP contribution in [0.4, 0.5) is 28.2 Å². The van der Waals surface area contributed by atoms with Crippen molar-refractivity contribution in [2.45, 2.75) is 38.7 Å². The molecule has 0 aromatic carbocycles. The van der Waals surface area contributed by atoms with Crippen LogP contribution in [0.1, 0.15) is 32.5 Å². The molecular weight excluding hydrogens is 280 g/mol. The van der Waals surface area contributed by atoms with Gasteiger partial charge >= 0.3 is 12.3 Å². The van der Waals surface area contributed by atoms with Crippen molar-refractivity contribution in [1.82, 2.24) is 4.98 Å². The van der Waals surface area contributed by atoms with E-state index in [0.717, 1.165) is 12.1 Å². The molecule has 1 amide bonds. The minimum absolute atomic E-state index is 0.0302. The summed E-state index contributed by atoms with van der Waals surface area (Å²) in [6.45, 7) is 4.96. The quantitative estimate of drug-likeness (QED) is 0.839. The van der Waals surface area contributed by atoms with Crippen LogP contribution >= 0.6 is 0 Å². The van der Waals surface area contributed by atoms with E-state index in [4.69, 9.17) is 4.74 Å². The molecule has 20 heavy (non-hydrogen) atoms. The fourth-order valence-corrected chi connectivity index (χ4v) is 1.23. The first-order valence-corrected chi connectivity index (χ1v) is 5.66. The van der Waals surface area contributed by atoms with E-state index in [2.05, 4.69) is 10.3 Å². The standard InChI is InChI=1S/C12H14F4N2O2/c1-11(2,3)20-10(19)18-8-5-4-7(6-17-8)9(13)12(14,15)16/h4-6,9H,1-3H3,(H,17,18,19). The molecule has 1 heterocycles. The van der Waals surface area contributed by atoms with E-state index in [1.54, 1.807) is 20.8 Å². The summed E-state index contributed by atoms with van der Waals surface area (Å²) in [4.78, 5) is 14.9. The predicted molar refractivity (Wildman–Crippen MR) is 64.0 cm³/mol. The average Bonchev–Trinajstić information content (AvgIpc) is 2.25. The highest BCUT2D eigenvalue weighted by molar-refractivity contribution is 5.83. The summed E-state index contributed by atoms with van der Waals surface area (Å²) in [7, 11) is 0. The second kappa shape index (κ2) is 5.64. The summed E-state index contributed by atoms with van der Waals surface area (Å²) < 4.78 is 54.3. The largest absolute Gasteiger partial charge is 0.444 e. The van der Waals surface area contributed by atoms with Gasteiger partial charge in [0.05, 0.1) is 0 Å². The highest BCUT2D eigenvalue weighted by Gasteiger charge is 2.41. The Bertz CT molecular complexity index is 466. The lowest BCUT2D eigenvalue weighted by molar-refractivity contribution is -0.182. The van der Waals surface area contributed by atoms with Crippen molar-refractivity contribution < 1.29 is 27.1 Å². The number of hydrogen-bond donors (Lipinski definition) is 1. The molecule has 1 atom stereocenters. The number of alkyl halides is 4. The third kappa shape index (κ3) is 5.02. The maximum atomic E-state index is 13.0. The van der Waals surface area contributed by atoms with Crippen molar-refractivity contribution in [3.05, 3.63) is 23.9 Å². The second-order valence-corrected chi connectivity index (χ2v) is 5.01. The molecule has 0 aliphatic rings. The maximum Gasteiger partial charge on any atom is 0.423 e. The van der Waals surface area contributed by atoms with Gasteiger partial charge in [-0.25, -0.2) is 14.2 Å². The Kier molecular flexibility index (Phi) is 4.57. The number of pyridine rings is 1. The minimum Gasteiger partial charge on any atom is -0.444 e. The smallest absolute Gasteiger partial charge is 0.423 e. The van der Waals surface area contributed by atoms with Crippen molar-refractivity contribution in [2.75, 3.05) is 5.32 Å². The van der Waals surface area contributed by atoms with Gasteiger partial charge < -0.3 is 4.74 Å². The van der Waals surface area contributed by atoms with E-state index in [9.17, 15) is 22.4 Å². The number of carbonyl (C=O) groups excluding carboxylic acids is 1. The second-order valence-electron chi connectivity index (χ2n) is 5.01. The molecule has 4 nitrogen and oxygen atoms in total. The molecule has 1 aromatic heterocycles. The van der Waals surface area contributed by atoms with Crippen molar-refractivity contribution in [3.8, 4) is 0 Å². The van der Waals surface area contributed by atoms with Crippen LogP contribution in [-0.2, 0) is 4.74 Å². The maximum absolute atomic E-state index is 13.0. The van der Waals surface area contributed by atoms with E-state index in [1.165, 1.54) is 0 Å².